The quantitative estimate of drug-likeness (QED) is 0.563. The third-order valence-corrected chi connectivity index (χ3v) is 3.33. The van der Waals surface area contributed by atoms with E-state index >= 15 is 0 Å². The monoisotopic (exact) mass is 318 g/mol. The van der Waals surface area contributed by atoms with Gasteiger partial charge in [-0.05, 0) is 18.8 Å². The zero-order chi connectivity index (χ0) is 16.0. The topological polar surface area (TPSA) is 92.5 Å². The van der Waals surface area contributed by atoms with Crippen molar-refractivity contribution in [3.8, 4) is 0 Å². The second-order valence-electron chi connectivity index (χ2n) is 4.79. The molecule has 2 N–H and O–H groups in total. The highest BCUT2D eigenvalue weighted by Crippen LogP contribution is 2.30. The summed E-state index contributed by atoms with van der Waals surface area (Å²) >= 11 is 5.52. The highest BCUT2D eigenvalue weighted by atomic mass is 35.5. The zero-order valence-corrected chi connectivity index (χ0v) is 12.2. The van der Waals surface area contributed by atoms with Gasteiger partial charge in [0.1, 0.15) is 11.5 Å². The van der Waals surface area contributed by atoms with E-state index in [1.807, 2.05) is 6.92 Å². The molecule has 0 saturated carbocycles. The number of nitrogens with one attached hydrogen (secondary N) is 1. The predicted octanol–water partition coefficient (Wildman–Crippen LogP) is 3.69. The summed E-state index contributed by atoms with van der Waals surface area (Å²) in [7, 11) is 0. The first-order chi connectivity index (χ1) is 9.81. The molecule has 0 saturated heterocycles. The minimum atomic E-state index is -0.856. The Kier molecular flexibility index (Phi) is 6.36. The molecule has 0 heterocycles. The van der Waals surface area contributed by atoms with Gasteiger partial charge in [0.25, 0.3) is 5.69 Å². The maximum Gasteiger partial charge on any atom is 0.303 e. The van der Waals surface area contributed by atoms with Crippen LogP contribution in [0.1, 0.15) is 26.2 Å². The molecule has 21 heavy (non-hydrogen) atoms. The van der Waals surface area contributed by atoms with E-state index in [4.69, 9.17) is 16.7 Å². The summed E-state index contributed by atoms with van der Waals surface area (Å²) in [5.74, 6) is -1.45. The van der Waals surface area contributed by atoms with Gasteiger partial charge in [-0.3, -0.25) is 14.9 Å². The van der Waals surface area contributed by atoms with Crippen LogP contribution in [-0.2, 0) is 4.79 Å². The zero-order valence-electron chi connectivity index (χ0n) is 11.4. The molecule has 0 aromatic heterocycles. The van der Waals surface area contributed by atoms with Gasteiger partial charge in [0.2, 0.25) is 0 Å². The third kappa shape index (κ3) is 5.55. The minimum absolute atomic E-state index is 0.0623. The normalized spacial score (nSPS) is 12.0. The highest BCUT2D eigenvalue weighted by molar-refractivity contribution is 6.31. The number of rotatable bonds is 8. The maximum atomic E-state index is 13.4. The summed E-state index contributed by atoms with van der Waals surface area (Å²) in [4.78, 5) is 20.7. The lowest BCUT2D eigenvalue weighted by Crippen LogP contribution is -2.10. The van der Waals surface area contributed by atoms with Crippen molar-refractivity contribution in [1.82, 2.24) is 0 Å². The lowest BCUT2D eigenvalue weighted by Gasteiger charge is -2.12. The van der Waals surface area contributed by atoms with E-state index in [1.54, 1.807) is 0 Å². The first-order valence-electron chi connectivity index (χ1n) is 6.40. The molecule has 6 nitrogen and oxygen atoms in total. The van der Waals surface area contributed by atoms with Gasteiger partial charge in [-0.15, -0.1) is 0 Å². The summed E-state index contributed by atoms with van der Waals surface area (Å²) in [6, 6.07) is 1.95. The van der Waals surface area contributed by atoms with Crippen molar-refractivity contribution < 1.29 is 19.2 Å². The molecule has 8 heteroatoms. The van der Waals surface area contributed by atoms with E-state index in [0.29, 0.717) is 19.4 Å². The van der Waals surface area contributed by atoms with E-state index in [9.17, 15) is 19.3 Å². The van der Waals surface area contributed by atoms with Gasteiger partial charge < -0.3 is 10.4 Å². The standard InChI is InChI=1S/C13H16ClFN2O4/c1-8(2-3-13(18)19)4-5-16-11-7-10(15)9(14)6-12(11)17(20)21/h6-8,16H,2-5H2,1H3,(H,18,19). The lowest BCUT2D eigenvalue weighted by atomic mass is 10.0. The first kappa shape index (κ1) is 17.2. The summed E-state index contributed by atoms with van der Waals surface area (Å²) in [5.41, 5.74) is -0.230. The Morgan fingerprint density at radius 1 is 1.52 bits per heavy atom. The van der Waals surface area contributed by atoms with Crippen LogP contribution in [0.2, 0.25) is 5.02 Å². The first-order valence-corrected chi connectivity index (χ1v) is 6.78. The van der Waals surface area contributed by atoms with Crippen LogP contribution >= 0.6 is 11.6 Å². The number of carboxylic acids is 1. The fourth-order valence-electron chi connectivity index (χ4n) is 1.80. The van der Waals surface area contributed by atoms with Crippen molar-refractivity contribution in [3.05, 3.63) is 33.1 Å². The molecule has 0 aliphatic rings. The molecule has 0 bridgehead atoms. The molecular formula is C13H16ClFN2O4. The Morgan fingerprint density at radius 3 is 2.76 bits per heavy atom. The lowest BCUT2D eigenvalue weighted by molar-refractivity contribution is -0.384. The molecule has 1 unspecified atom stereocenters. The molecule has 0 fully saturated rings. The molecule has 1 aromatic rings. The van der Waals surface area contributed by atoms with Gasteiger partial charge in [0.15, 0.2) is 0 Å². The average molecular weight is 319 g/mol. The second-order valence-corrected chi connectivity index (χ2v) is 5.20. The number of nitro benzene ring substituents is 1. The van der Waals surface area contributed by atoms with Crippen LogP contribution in [-0.4, -0.2) is 22.5 Å². The van der Waals surface area contributed by atoms with Gasteiger partial charge in [0, 0.05) is 25.1 Å². The molecule has 0 aliphatic heterocycles. The number of nitro groups is 1. The van der Waals surface area contributed by atoms with Gasteiger partial charge in [-0.1, -0.05) is 18.5 Å². The molecule has 0 spiro atoms. The molecular weight excluding hydrogens is 303 g/mol. The smallest absolute Gasteiger partial charge is 0.303 e. The Balaban J connectivity index is 2.61. The molecule has 0 radical (unpaired) electrons. The highest BCUT2D eigenvalue weighted by Gasteiger charge is 2.17. The third-order valence-electron chi connectivity index (χ3n) is 3.04. The Morgan fingerprint density at radius 2 is 2.19 bits per heavy atom. The van der Waals surface area contributed by atoms with Gasteiger partial charge >= 0.3 is 5.97 Å². The number of benzene rings is 1. The van der Waals surface area contributed by atoms with Crippen LogP contribution in [0.15, 0.2) is 12.1 Å². The number of halogens is 2. The second kappa shape index (κ2) is 7.78. The maximum absolute atomic E-state index is 13.4. The van der Waals surface area contributed by atoms with Crippen molar-refractivity contribution >= 4 is 28.9 Å². The Hall–Kier alpha value is -1.89. The Bertz CT molecular complexity index is 539. The van der Waals surface area contributed by atoms with E-state index in [2.05, 4.69) is 5.32 Å². The van der Waals surface area contributed by atoms with Crippen LogP contribution in [0.3, 0.4) is 0 Å². The molecule has 116 valence electrons. The number of anilines is 1. The number of carbonyl (C=O) groups is 1. The van der Waals surface area contributed by atoms with E-state index in [-0.39, 0.29) is 28.7 Å². The van der Waals surface area contributed by atoms with Crippen LogP contribution in [0.4, 0.5) is 15.8 Å². The van der Waals surface area contributed by atoms with E-state index < -0.39 is 16.7 Å². The summed E-state index contributed by atoms with van der Waals surface area (Å²) in [5, 5.41) is 21.9. The molecule has 1 atom stereocenters. The van der Waals surface area contributed by atoms with Crippen LogP contribution in [0, 0.1) is 21.8 Å². The van der Waals surface area contributed by atoms with E-state index in [1.165, 1.54) is 0 Å². The fraction of sp³-hybridized carbons (Fsp3) is 0.462. The summed E-state index contributed by atoms with van der Waals surface area (Å²) in [6.07, 6.45) is 1.22. The number of hydrogen-bond acceptors (Lipinski definition) is 4. The van der Waals surface area contributed by atoms with Crippen LogP contribution < -0.4 is 5.32 Å². The largest absolute Gasteiger partial charge is 0.481 e. The van der Waals surface area contributed by atoms with Crippen molar-refractivity contribution in [2.24, 2.45) is 5.92 Å². The number of aliphatic carboxylic acids is 1. The van der Waals surface area contributed by atoms with Crippen molar-refractivity contribution in [2.45, 2.75) is 26.2 Å². The van der Waals surface area contributed by atoms with Crippen molar-refractivity contribution in [2.75, 3.05) is 11.9 Å². The van der Waals surface area contributed by atoms with Gasteiger partial charge in [-0.25, -0.2) is 4.39 Å². The van der Waals surface area contributed by atoms with Crippen molar-refractivity contribution in [3.63, 3.8) is 0 Å². The van der Waals surface area contributed by atoms with Crippen molar-refractivity contribution in [1.29, 1.82) is 0 Å². The number of nitrogens with zero attached hydrogens (tertiary/aromatic N) is 1. The number of carboxylic acid groups (broad SMARTS) is 1. The summed E-state index contributed by atoms with van der Waals surface area (Å²) in [6.45, 7) is 2.27. The molecule has 0 aliphatic carbocycles. The number of hydrogen-bond donors (Lipinski definition) is 2. The van der Waals surface area contributed by atoms with Gasteiger partial charge in [0.05, 0.1) is 9.95 Å². The average Bonchev–Trinajstić information content (AvgIpc) is 2.39. The fourth-order valence-corrected chi connectivity index (χ4v) is 1.95. The van der Waals surface area contributed by atoms with E-state index in [0.717, 1.165) is 12.1 Å². The molecule has 1 rings (SSSR count). The minimum Gasteiger partial charge on any atom is -0.481 e. The summed E-state index contributed by atoms with van der Waals surface area (Å²) < 4.78 is 13.4. The Labute approximate surface area is 126 Å². The SMILES string of the molecule is CC(CCNc1cc(F)c(Cl)cc1[N+](=O)[O-])CCC(=O)O. The predicted molar refractivity (Wildman–Crippen MR) is 77.2 cm³/mol. The van der Waals surface area contributed by atoms with Crippen LogP contribution in [0.25, 0.3) is 0 Å². The molecule has 1 aromatic carbocycles. The molecule has 0 amide bonds. The van der Waals surface area contributed by atoms with Crippen LogP contribution in [0.5, 0.6) is 0 Å². The van der Waals surface area contributed by atoms with Gasteiger partial charge in [-0.2, -0.15) is 0 Å².